The third kappa shape index (κ3) is 44.4. The summed E-state index contributed by atoms with van der Waals surface area (Å²) in [4.78, 5) is 24.9. The summed E-state index contributed by atoms with van der Waals surface area (Å²) in [7, 11) is 1.37. The highest BCUT2D eigenvalue weighted by Gasteiger charge is 2.20. The van der Waals surface area contributed by atoms with Crippen molar-refractivity contribution < 1.29 is 37.3 Å². The maximum absolute atomic E-state index is 12.5. The van der Waals surface area contributed by atoms with E-state index in [1.165, 1.54) is 180 Å². The van der Waals surface area contributed by atoms with Gasteiger partial charge in [-0.25, -0.2) is 0 Å². The summed E-state index contributed by atoms with van der Waals surface area (Å²) < 4.78 is 34.5. The van der Waals surface area contributed by atoms with Gasteiger partial charge in [0.25, 0.3) is 7.82 Å². The Hall–Kier alpha value is -0.500. The number of hydrogen-bond acceptors (Lipinski definition) is 7. The molecule has 0 N–H and O–H groups in total. The molecule has 0 amide bonds. The highest BCUT2D eigenvalue weighted by atomic mass is 31.2. The van der Waals surface area contributed by atoms with Gasteiger partial charge >= 0.3 is 5.97 Å². The van der Waals surface area contributed by atoms with Gasteiger partial charge in [0.15, 0.2) is 0 Å². The Kier molecular flexibility index (Phi) is 39.9. The summed E-state index contributed by atoms with van der Waals surface area (Å²) in [5.74, 6) is -0.336. The van der Waals surface area contributed by atoms with E-state index in [4.69, 9.17) is 18.5 Å². The fraction of sp³-hybridized carbons (Fsp3) is 0.978. The fourth-order valence-electron chi connectivity index (χ4n) is 6.96. The zero-order valence-corrected chi connectivity index (χ0v) is 38.3. The molecule has 0 saturated carbocycles. The number of nitrogens with zero attached hydrogens (tertiary/aromatic N) is 1. The van der Waals surface area contributed by atoms with Crippen molar-refractivity contribution in [1.82, 2.24) is 0 Å². The van der Waals surface area contributed by atoms with Crippen LogP contribution < -0.4 is 4.89 Å². The van der Waals surface area contributed by atoms with E-state index >= 15 is 0 Å². The summed E-state index contributed by atoms with van der Waals surface area (Å²) in [5, 5.41) is 0. The first-order valence-electron chi connectivity index (χ1n) is 23.8. The van der Waals surface area contributed by atoms with Crippen molar-refractivity contribution in [3.05, 3.63) is 0 Å². The molecular formula is C46H94NO7P. The SMILES string of the molecule is CCCCCCCCCCCCCCCCCCCCCCCCCCCCOCC(COP(=O)([O-])OCC[N+](C)(C)C)OC(=O)CCCCCCCCC. The van der Waals surface area contributed by atoms with Crippen molar-refractivity contribution >= 4 is 13.8 Å². The Morgan fingerprint density at radius 1 is 0.491 bits per heavy atom. The molecule has 55 heavy (non-hydrogen) atoms. The van der Waals surface area contributed by atoms with E-state index in [1.807, 2.05) is 21.1 Å². The third-order valence-corrected chi connectivity index (χ3v) is 11.6. The van der Waals surface area contributed by atoms with Crippen LogP contribution in [0.15, 0.2) is 0 Å². The molecule has 0 aromatic rings. The molecule has 0 aliphatic carbocycles. The van der Waals surface area contributed by atoms with E-state index in [1.54, 1.807) is 0 Å². The minimum Gasteiger partial charge on any atom is -0.756 e. The standard InChI is InChI=1S/C46H94NO7P/c1-6-8-10-12-14-15-16-17-18-19-20-21-22-23-24-25-26-27-28-29-30-31-32-34-36-38-41-51-43-45(44-53-55(49,50)52-42-40-47(3,4)5)54-46(48)39-37-35-33-13-11-9-7-2/h45H,6-44H2,1-5H3. The summed E-state index contributed by atoms with van der Waals surface area (Å²) >= 11 is 0. The number of esters is 1. The summed E-state index contributed by atoms with van der Waals surface area (Å²) in [5.41, 5.74) is 0. The van der Waals surface area contributed by atoms with E-state index in [0.717, 1.165) is 32.1 Å². The molecular weight excluding hydrogens is 709 g/mol. The van der Waals surface area contributed by atoms with Gasteiger partial charge in [0.05, 0.1) is 34.4 Å². The highest BCUT2D eigenvalue weighted by Crippen LogP contribution is 2.38. The largest absolute Gasteiger partial charge is 0.756 e. The van der Waals surface area contributed by atoms with Gasteiger partial charge in [-0.2, -0.15) is 0 Å². The number of phosphoric ester groups is 1. The van der Waals surface area contributed by atoms with Crippen LogP contribution in [0.25, 0.3) is 0 Å². The number of ether oxygens (including phenoxy) is 2. The number of phosphoric acid groups is 1. The molecule has 0 aliphatic rings. The quantitative estimate of drug-likeness (QED) is 0.0262. The summed E-state index contributed by atoms with van der Waals surface area (Å²) in [6, 6.07) is 0. The topological polar surface area (TPSA) is 94.1 Å². The predicted octanol–water partition coefficient (Wildman–Crippen LogP) is 13.4. The van der Waals surface area contributed by atoms with Crippen LogP contribution in [0.5, 0.6) is 0 Å². The molecule has 0 heterocycles. The first-order valence-corrected chi connectivity index (χ1v) is 25.2. The number of carbonyl (C=O) groups is 1. The summed E-state index contributed by atoms with van der Waals surface area (Å²) in [6.07, 6.45) is 43.0. The lowest BCUT2D eigenvalue weighted by atomic mass is 10.0. The van der Waals surface area contributed by atoms with Crippen molar-refractivity contribution in [3.63, 3.8) is 0 Å². The van der Waals surface area contributed by atoms with Crippen LogP contribution >= 0.6 is 7.82 Å². The molecule has 9 heteroatoms. The molecule has 2 unspecified atom stereocenters. The number of carbonyl (C=O) groups excluding carboxylic acids is 1. The molecule has 0 bridgehead atoms. The second-order valence-corrected chi connectivity index (χ2v) is 18.9. The van der Waals surface area contributed by atoms with Crippen LogP contribution in [-0.2, 0) is 27.9 Å². The number of hydrogen-bond donors (Lipinski definition) is 0. The van der Waals surface area contributed by atoms with Gasteiger partial charge in [-0.15, -0.1) is 0 Å². The Labute approximate surface area is 342 Å². The Bertz CT molecular complexity index is 853. The second kappa shape index (κ2) is 40.3. The van der Waals surface area contributed by atoms with Gasteiger partial charge < -0.3 is 27.9 Å². The van der Waals surface area contributed by atoms with Gasteiger partial charge in [0, 0.05) is 13.0 Å². The van der Waals surface area contributed by atoms with Gasteiger partial charge in [-0.1, -0.05) is 213 Å². The van der Waals surface area contributed by atoms with Crippen molar-refractivity contribution in [2.24, 2.45) is 0 Å². The number of rotatable bonds is 45. The lowest BCUT2D eigenvalue weighted by Crippen LogP contribution is -2.37. The minimum absolute atomic E-state index is 0.0309. The normalized spacial score (nSPS) is 13.6. The highest BCUT2D eigenvalue weighted by molar-refractivity contribution is 7.45. The minimum atomic E-state index is -4.51. The smallest absolute Gasteiger partial charge is 0.306 e. The maximum atomic E-state index is 12.5. The first-order chi connectivity index (χ1) is 26.6. The Morgan fingerprint density at radius 2 is 0.836 bits per heavy atom. The van der Waals surface area contributed by atoms with Crippen molar-refractivity contribution in [2.45, 2.75) is 238 Å². The average Bonchev–Trinajstić information content (AvgIpc) is 3.13. The Balaban J connectivity index is 3.86. The molecule has 0 aliphatic heterocycles. The second-order valence-electron chi connectivity index (χ2n) is 17.5. The maximum Gasteiger partial charge on any atom is 0.306 e. The zero-order chi connectivity index (χ0) is 40.6. The van der Waals surface area contributed by atoms with Crippen LogP contribution in [0.4, 0.5) is 0 Å². The van der Waals surface area contributed by atoms with E-state index in [2.05, 4.69) is 13.8 Å². The third-order valence-electron chi connectivity index (χ3n) is 10.7. The average molecular weight is 804 g/mol. The molecule has 0 radical (unpaired) electrons. The van der Waals surface area contributed by atoms with Crippen molar-refractivity contribution in [2.75, 3.05) is 54.1 Å². The van der Waals surface area contributed by atoms with Gasteiger partial charge in [0.2, 0.25) is 0 Å². The van der Waals surface area contributed by atoms with Gasteiger partial charge in [-0.05, 0) is 12.8 Å². The number of unbranched alkanes of at least 4 members (excludes halogenated alkanes) is 31. The van der Waals surface area contributed by atoms with E-state index in [9.17, 15) is 14.3 Å². The van der Waals surface area contributed by atoms with Crippen LogP contribution in [-0.4, -0.2) is 70.7 Å². The van der Waals surface area contributed by atoms with E-state index < -0.39 is 13.9 Å². The molecule has 2 atom stereocenters. The van der Waals surface area contributed by atoms with E-state index in [-0.39, 0.29) is 25.8 Å². The number of likely N-dealkylation sites (N-methyl/N-ethyl adjacent to an activating group) is 1. The molecule has 0 aromatic carbocycles. The van der Waals surface area contributed by atoms with Crippen LogP contribution in [0, 0.1) is 0 Å². The lowest BCUT2D eigenvalue weighted by Gasteiger charge is -2.28. The molecule has 0 saturated heterocycles. The molecule has 0 aromatic heterocycles. The van der Waals surface area contributed by atoms with Crippen molar-refractivity contribution in [3.8, 4) is 0 Å². The molecule has 8 nitrogen and oxygen atoms in total. The Morgan fingerprint density at radius 3 is 1.20 bits per heavy atom. The van der Waals surface area contributed by atoms with E-state index in [0.29, 0.717) is 24.1 Å². The molecule has 330 valence electrons. The molecule has 0 rings (SSSR count). The van der Waals surface area contributed by atoms with Crippen LogP contribution in [0.3, 0.4) is 0 Å². The monoisotopic (exact) mass is 804 g/mol. The fourth-order valence-corrected chi connectivity index (χ4v) is 7.69. The molecule has 0 fully saturated rings. The molecule has 0 spiro atoms. The van der Waals surface area contributed by atoms with Crippen molar-refractivity contribution in [1.29, 1.82) is 0 Å². The number of quaternary nitrogens is 1. The van der Waals surface area contributed by atoms with Gasteiger partial charge in [0.1, 0.15) is 19.3 Å². The lowest BCUT2D eigenvalue weighted by molar-refractivity contribution is -0.870. The van der Waals surface area contributed by atoms with Gasteiger partial charge in [-0.3, -0.25) is 9.36 Å². The van der Waals surface area contributed by atoms with Crippen LogP contribution in [0.2, 0.25) is 0 Å². The van der Waals surface area contributed by atoms with Crippen LogP contribution in [0.1, 0.15) is 232 Å². The predicted molar refractivity (Wildman–Crippen MR) is 231 cm³/mol. The summed E-state index contributed by atoms with van der Waals surface area (Å²) in [6.45, 7) is 5.42. The zero-order valence-electron chi connectivity index (χ0n) is 37.4. The first kappa shape index (κ1) is 54.5.